The normalized spacial score (nSPS) is 11.2. The Morgan fingerprint density at radius 3 is 1.25 bits per heavy atom. The quantitative estimate of drug-likeness (QED) is 0.683. The van der Waals surface area contributed by atoms with Crippen LogP contribution in [0.4, 0.5) is 0 Å². The van der Waals surface area contributed by atoms with Gasteiger partial charge >= 0.3 is 0 Å². The number of pyridine rings is 3. The average molecular weight is 281 g/mol. The molecule has 0 saturated heterocycles. The van der Waals surface area contributed by atoms with Crippen LogP contribution in [-0.4, -0.2) is 15.0 Å². The van der Waals surface area contributed by atoms with Gasteiger partial charge in [0.15, 0.2) is 7.14 Å². The first-order valence-electron chi connectivity index (χ1n) is 6.13. The maximum atomic E-state index is 13.7. The molecule has 0 unspecified atom stereocenters. The summed E-state index contributed by atoms with van der Waals surface area (Å²) in [5.41, 5.74) is 0. The molecule has 0 atom stereocenters. The van der Waals surface area contributed by atoms with Crippen molar-refractivity contribution in [3.05, 3.63) is 73.6 Å². The summed E-state index contributed by atoms with van der Waals surface area (Å²) in [6.07, 6.45) is 9.92. The van der Waals surface area contributed by atoms with Crippen LogP contribution in [0.3, 0.4) is 0 Å². The lowest BCUT2D eigenvalue weighted by atomic mass is 10.5. The molecule has 0 saturated carbocycles. The van der Waals surface area contributed by atoms with Gasteiger partial charge < -0.3 is 4.57 Å². The minimum absolute atomic E-state index is 0.681. The summed E-state index contributed by atoms with van der Waals surface area (Å²) in [7, 11) is -2.96. The third-order valence-corrected chi connectivity index (χ3v) is 6.00. The molecule has 98 valence electrons. The van der Waals surface area contributed by atoms with Gasteiger partial charge in [-0.15, -0.1) is 0 Å². The highest BCUT2D eigenvalue weighted by Crippen LogP contribution is 2.41. The van der Waals surface area contributed by atoms with Crippen molar-refractivity contribution < 1.29 is 4.57 Å². The zero-order chi connectivity index (χ0) is 13.8. The fourth-order valence-corrected chi connectivity index (χ4v) is 4.54. The van der Waals surface area contributed by atoms with E-state index in [0.29, 0.717) is 15.9 Å². The molecule has 0 bridgehead atoms. The van der Waals surface area contributed by atoms with Gasteiger partial charge in [-0.3, -0.25) is 15.0 Å². The Bertz CT molecular complexity index is 629. The molecule has 0 aliphatic rings. The lowest BCUT2D eigenvalue weighted by molar-refractivity contribution is 0.592. The van der Waals surface area contributed by atoms with Crippen molar-refractivity contribution in [3.63, 3.8) is 0 Å². The van der Waals surface area contributed by atoms with E-state index in [9.17, 15) is 4.57 Å². The molecule has 0 spiro atoms. The molecular formula is C15H12N3OP. The maximum absolute atomic E-state index is 13.7. The second-order valence-corrected chi connectivity index (χ2v) is 7.01. The molecule has 4 nitrogen and oxygen atoms in total. The third kappa shape index (κ3) is 2.15. The predicted molar refractivity (Wildman–Crippen MR) is 79.2 cm³/mol. The predicted octanol–water partition coefficient (Wildman–Crippen LogP) is 1.51. The monoisotopic (exact) mass is 281 g/mol. The zero-order valence-corrected chi connectivity index (χ0v) is 11.5. The van der Waals surface area contributed by atoms with Gasteiger partial charge in [0.2, 0.25) is 0 Å². The summed E-state index contributed by atoms with van der Waals surface area (Å²) in [5, 5.41) is 2.04. The number of aromatic nitrogens is 3. The third-order valence-electron chi connectivity index (χ3n) is 3.03. The average Bonchev–Trinajstić information content (AvgIpc) is 2.56. The van der Waals surface area contributed by atoms with Crippen molar-refractivity contribution in [1.82, 2.24) is 15.0 Å². The number of nitrogens with zero attached hydrogens (tertiary/aromatic N) is 3. The molecule has 0 radical (unpaired) electrons. The fraction of sp³-hybridized carbons (Fsp3) is 0. The Balaban J connectivity index is 2.27. The van der Waals surface area contributed by atoms with E-state index in [4.69, 9.17) is 0 Å². The van der Waals surface area contributed by atoms with Crippen LogP contribution < -0.4 is 15.9 Å². The van der Waals surface area contributed by atoms with Crippen LogP contribution in [0.15, 0.2) is 73.6 Å². The standard InChI is InChI=1S/C15H12N3OP/c19-20(13-4-1-7-16-10-13,14-5-2-8-17-11-14)15-6-3-9-18-12-15/h1-12H. The molecule has 0 N–H and O–H groups in total. The fourth-order valence-electron chi connectivity index (χ4n) is 2.07. The summed E-state index contributed by atoms with van der Waals surface area (Å²) in [4.78, 5) is 12.3. The highest BCUT2D eigenvalue weighted by molar-refractivity contribution is 7.85. The molecule has 3 aromatic rings. The summed E-state index contributed by atoms with van der Waals surface area (Å²) in [6.45, 7) is 0. The van der Waals surface area contributed by atoms with Crippen molar-refractivity contribution in [3.8, 4) is 0 Å². The minimum atomic E-state index is -2.96. The number of rotatable bonds is 3. The highest BCUT2D eigenvalue weighted by Gasteiger charge is 2.30. The largest absolute Gasteiger partial charge is 0.308 e. The van der Waals surface area contributed by atoms with E-state index in [1.165, 1.54) is 0 Å². The summed E-state index contributed by atoms with van der Waals surface area (Å²) in [5.74, 6) is 0. The second kappa shape index (κ2) is 5.35. The van der Waals surface area contributed by atoms with Gasteiger partial charge in [0.1, 0.15) is 0 Å². The van der Waals surface area contributed by atoms with Crippen LogP contribution in [0.25, 0.3) is 0 Å². The summed E-state index contributed by atoms with van der Waals surface area (Å²) in [6, 6.07) is 10.8. The molecule has 5 heteroatoms. The molecule has 0 aliphatic carbocycles. The van der Waals surface area contributed by atoms with Crippen LogP contribution in [0.5, 0.6) is 0 Å². The first-order valence-corrected chi connectivity index (χ1v) is 7.84. The molecule has 0 fully saturated rings. The minimum Gasteiger partial charge on any atom is -0.308 e. The number of hydrogen-bond acceptors (Lipinski definition) is 4. The van der Waals surface area contributed by atoms with E-state index >= 15 is 0 Å². The van der Waals surface area contributed by atoms with Crippen molar-refractivity contribution in [2.45, 2.75) is 0 Å². The van der Waals surface area contributed by atoms with Gasteiger partial charge in [0.05, 0.1) is 0 Å². The first kappa shape index (κ1) is 12.7. The smallest absolute Gasteiger partial charge is 0.175 e. The van der Waals surface area contributed by atoms with Crippen LogP contribution >= 0.6 is 7.14 Å². The second-order valence-electron chi connectivity index (χ2n) is 4.24. The first-order chi connectivity index (χ1) is 9.82. The van der Waals surface area contributed by atoms with E-state index in [-0.39, 0.29) is 0 Å². The SMILES string of the molecule is O=P(c1cccnc1)(c1cccnc1)c1cccnc1. The maximum Gasteiger partial charge on any atom is 0.175 e. The van der Waals surface area contributed by atoms with E-state index in [1.807, 2.05) is 18.2 Å². The Morgan fingerprint density at radius 1 is 0.650 bits per heavy atom. The van der Waals surface area contributed by atoms with Crippen molar-refractivity contribution >= 4 is 23.1 Å². The van der Waals surface area contributed by atoms with E-state index in [2.05, 4.69) is 15.0 Å². The molecule has 0 aliphatic heterocycles. The van der Waals surface area contributed by atoms with Gasteiger partial charge in [-0.25, -0.2) is 0 Å². The van der Waals surface area contributed by atoms with Gasteiger partial charge in [0.25, 0.3) is 0 Å². The Hall–Kier alpha value is -2.32. The Labute approximate surface area is 116 Å². The van der Waals surface area contributed by atoms with Gasteiger partial charge in [-0.05, 0) is 36.4 Å². The molecule has 3 aromatic heterocycles. The van der Waals surface area contributed by atoms with Crippen LogP contribution in [0.2, 0.25) is 0 Å². The lowest BCUT2D eigenvalue weighted by Gasteiger charge is -2.18. The Kier molecular flexibility index (Phi) is 3.40. The molecule has 3 rings (SSSR count). The van der Waals surface area contributed by atoms with Crippen LogP contribution in [0, 0.1) is 0 Å². The van der Waals surface area contributed by atoms with Gasteiger partial charge in [-0.2, -0.15) is 0 Å². The van der Waals surface area contributed by atoms with Crippen LogP contribution in [-0.2, 0) is 4.57 Å². The summed E-state index contributed by atoms with van der Waals surface area (Å²) >= 11 is 0. The highest BCUT2D eigenvalue weighted by atomic mass is 31.2. The topological polar surface area (TPSA) is 55.7 Å². The van der Waals surface area contributed by atoms with Crippen LogP contribution in [0.1, 0.15) is 0 Å². The lowest BCUT2D eigenvalue weighted by Crippen LogP contribution is -2.25. The van der Waals surface area contributed by atoms with Gasteiger partial charge in [0, 0.05) is 53.1 Å². The molecule has 0 amide bonds. The molecule has 3 heterocycles. The molecular weight excluding hydrogens is 269 g/mol. The zero-order valence-electron chi connectivity index (χ0n) is 10.6. The van der Waals surface area contributed by atoms with E-state index in [1.54, 1.807) is 55.4 Å². The molecule has 20 heavy (non-hydrogen) atoms. The van der Waals surface area contributed by atoms with Gasteiger partial charge in [-0.1, -0.05) is 0 Å². The summed E-state index contributed by atoms with van der Waals surface area (Å²) < 4.78 is 13.7. The molecule has 0 aromatic carbocycles. The van der Waals surface area contributed by atoms with Crippen molar-refractivity contribution in [1.29, 1.82) is 0 Å². The van der Waals surface area contributed by atoms with E-state index < -0.39 is 7.14 Å². The van der Waals surface area contributed by atoms with Crippen molar-refractivity contribution in [2.24, 2.45) is 0 Å². The van der Waals surface area contributed by atoms with E-state index in [0.717, 1.165) is 0 Å². The Morgan fingerprint density at radius 2 is 1.00 bits per heavy atom. The van der Waals surface area contributed by atoms with Crippen molar-refractivity contribution in [2.75, 3.05) is 0 Å². The number of hydrogen-bond donors (Lipinski definition) is 0.